The largest absolute Gasteiger partial charge is 0.343 e. The van der Waals surface area contributed by atoms with Gasteiger partial charge in [-0.2, -0.15) is 0 Å². The molecule has 0 saturated carbocycles. The summed E-state index contributed by atoms with van der Waals surface area (Å²) >= 11 is 12.0. The van der Waals surface area contributed by atoms with Gasteiger partial charge in [0.05, 0.1) is 10.0 Å². The van der Waals surface area contributed by atoms with E-state index in [1.54, 1.807) is 46.9 Å². The molecule has 8 heteroatoms. The number of piperidine rings is 1. The van der Waals surface area contributed by atoms with Crippen molar-refractivity contribution in [2.75, 3.05) is 31.6 Å². The lowest BCUT2D eigenvalue weighted by molar-refractivity contribution is -0.141. The average molecular weight is 412 g/mol. The van der Waals surface area contributed by atoms with E-state index < -0.39 is 5.92 Å². The Morgan fingerprint density at radius 2 is 1.74 bits per heavy atom. The zero-order valence-corrected chi connectivity index (χ0v) is 17.0. The Morgan fingerprint density at radius 3 is 2.33 bits per heavy atom. The van der Waals surface area contributed by atoms with Crippen molar-refractivity contribution in [2.45, 2.75) is 32.2 Å². The number of likely N-dealkylation sites (tertiary alicyclic amines) is 1. The summed E-state index contributed by atoms with van der Waals surface area (Å²) < 4.78 is 0. The SMILES string of the molecule is CC(=O)N(C)C1CCN(C(=O)C2CCN(c3ccc(Cl)c(Cl)c3)C2=O)CC1. The van der Waals surface area contributed by atoms with E-state index in [2.05, 4.69) is 0 Å². The van der Waals surface area contributed by atoms with Crippen LogP contribution in [-0.2, 0) is 14.4 Å². The number of amides is 3. The lowest BCUT2D eigenvalue weighted by Gasteiger charge is -2.37. The molecule has 1 aromatic carbocycles. The molecular weight excluding hydrogens is 389 g/mol. The molecule has 2 aliphatic rings. The Kier molecular flexibility index (Phi) is 5.96. The molecule has 2 saturated heterocycles. The van der Waals surface area contributed by atoms with Crippen LogP contribution in [0.2, 0.25) is 10.0 Å². The normalized spacial score (nSPS) is 20.9. The summed E-state index contributed by atoms with van der Waals surface area (Å²) in [5.74, 6) is -0.933. The number of benzene rings is 1. The van der Waals surface area contributed by atoms with Gasteiger partial charge in [0.15, 0.2) is 0 Å². The highest BCUT2D eigenvalue weighted by atomic mass is 35.5. The lowest BCUT2D eigenvalue weighted by atomic mass is 10.00. The summed E-state index contributed by atoms with van der Waals surface area (Å²) in [5, 5.41) is 0.812. The van der Waals surface area contributed by atoms with E-state index in [0.717, 1.165) is 12.8 Å². The average Bonchev–Trinajstić information content (AvgIpc) is 3.04. The van der Waals surface area contributed by atoms with Gasteiger partial charge in [0.25, 0.3) is 0 Å². The van der Waals surface area contributed by atoms with Crippen molar-refractivity contribution in [3.63, 3.8) is 0 Å². The molecule has 27 heavy (non-hydrogen) atoms. The van der Waals surface area contributed by atoms with Gasteiger partial charge in [0.1, 0.15) is 5.92 Å². The fourth-order valence-corrected chi connectivity index (χ4v) is 4.06. The van der Waals surface area contributed by atoms with Gasteiger partial charge in [-0.3, -0.25) is 14.4 Å². The molecule has 6 nitrogen and oxygen atoms in total. The number of hydrogen-bond donors (Lipinski definition) is 0. The molecule has 3 rings (SSSR count). The minimum Gasteiger partial charge on any atom is -0.343 e. The minimum absolute atomic E-state index is 0.0306. The third-order valence-corrected chi connectivity index (χ3v) is 6.28. The van der Waals surface area contributed by atoms with E-state index >= 15 is 0 Å². The predicted octanol–water partition coefficient (Wildman–Crippen LogP) is 2.82. The van der Waals surface area contributed by atoms with Crippen LogP contribution in [0.4, 0.5) is 5.69 Å². The summed E-state index contributed by atoms with van der Waals surface area (Å²) in [6.45, 7) is 3.17. The number of carbonyl (C=O) groups excluding carboxylic acids is 3. The molecule has 1 aromatic rings. The quantitative estimate of drug-likeness (QED) is 0.718. The first kappa shape index (κ1) is 20.0. The second kappa shape index (κ2) is 8.07. The van der Waals surface area contributed by atoms with Crippen LogP contribution in [-0.4, -0.2) is 60.2 Å². The van der Waals surface area contributed by atoms with E-state index in [-0.39, 0.29) is 23.8 Å². The van der Waals surface area contributed by atoms with Crippen molar-refractivity contribution in [1.29, 1.82) is 0 Å². The fraction of sp³-hybridized carbons (Fsp3) is 0.526. The second-order valence-electron chi connectivity index (χ2n) is 7.12. The number of anilines is 1. The van der Waals surface area contributed by atoms with Gasteiger partial charge in [-0.15, -0.1) is 0 Å². The Balaban J connectivity index is 1.62. The van der Waals surface area contributed by atoms with E-state index in [4.69, 9.17) is 23.2 Å². The van der Waals surface area contributed by atoms with Crippen LogP contribution in [0.5, 0.6) is 0 Å². The van der Waals surface area contributed by atoms with Crippen molar-refractivity contribution in [3.05, 3.63) is 28.2 Å². The van der Waals surface area contributed by atoms with Crippen molar-refractivity contribution in [3.8, 4) is 0 Å². The second-order valence-corrected chi connectivity index (χ2v) is 7.93. The summed E-state index contributed by atoms with van der Waals surface area (Å²) in [4.78, 5) is 42.3. The molecule has 0 N–H and O–H groups in total. The van der Waals surface area contributed by atoms with Gasteiger partial charge in [-0.05, 0) is 37.5 Å². The van der Waals surface area contributed by atoms with Gasteiger partial charge in [0.2, 0.25) is 17.7 Å². The highest BCUT2D eigenvalue weighted by molar-refractivity contribution is 6.42. The van der Waals surface area contributed by atoms with E-state index in [1.165, 1.54) is 0 Å². The van der Waals surface area contributed by atoms with Crippen LogP contribution >= 0.6 is 23.2 Å². The molecule has 0 aliphatic carbocycles. The highest BCUT2D eigenvalue weighted by Crippen LogP contribution is 2.32. The number of carbonyl (C=O) groups is 3. The zero-order valence-electron chi connectivity index (χ0n) is 15.5. The van der Waals surface area contributed by atoms with Crippen LogP contribution < -0.4 is 4.90 Å². The third kappa shape index (κ3) is 4.06. The first-order chi connectivity index (χ1) is 12.8. The van der Waals surface area contributed by atoms with E-state index in [9.17, 15) is 14.4 Å². The molecule has 0 aromatic heterocycles. The molecule has 1 unspecified atom stereocenters. The highest BCUT2D eigenvalue weighted by Gasteiger charge is 2.40. The molecule has 1 atom stereocenters. The molecule has 146 valence electrons. The van der Waals surface area contributed by atoms with Crippen molar-refractivity contribution < 1.29 is 14.4 Å². The standard InChI is InChI=1S/C19H23Cl2N3O3/c1-12(25)22(2)13-5-8-23(9-6-13)18(26)15-7-10-24(19(15)27)14-3-4-16(20)17(21)11-14/h3-4,11,13,15H,5-10H2,1-2H3. The maximum absolute atomic E-state index is 12.9. The van der Waals surface area contributed by atoms with Crippen LogP contribution in [0.3, 0.4) is 0 Å². The van der Waals surface area contributed by atoms with Crippen LogP contribution in [0.15, 0.2) is 18.2 Å². The zero-order chi connectivity index (χ0) is 19.7. The fourth-order valence-electron chi connectivity index (χ4n) is 3.77. The number of hydrogen-bond acceptors (Lipinski definition) is 3. The Labute approximate surface area is 169 Å². The van der Waals surface area contributed by atoms with E-state index in [0.29, 0.717) is 41.8 Å². The summed E-state index contributed by atoms with van der Waals surface area (Å²) in [5.41, 5.74) is 0.659. The minimum atomic E-state index is -0.651. The maximum Gasteiger partial charge on any atom is 0.239 e. The topological polar surface area (TPSA) is 60.9 Å². The predicted molar refractivity (Wildman–Crippen MR) is 105 cm³/mol. The third-order valence-electron chi connectivity index (χ3n) is 5.54. The van der Waals surface area contributed by atoms with Crippen LogP contribution in [0, 0.1) is 5.92 Å². The molecule has 0 radical (unpaired) electrons. The summed E-state index contributed by atoms with van der Waals surface area (Å²) in [7, 11) is 1.79. The summed E-state index contributed by atoms with van der Waals surface area (Å²) in [6, 6.07) is 5.19. The number of halogens is 2. The van der Waals surface area contributed by atoms with Gasteiger partial charge in [0, 0.05) is 45.3 Å². The van der Waals surface area contributed by atoms with Gasteiger partial charge in [-0.1, -0.05) is 23.2 Å². The van der Waals surface area contributed by atoms with Crippen molar-refractivity contribution in [2.24, 2.45) is 5.92 Å². The van der Waals surface area contributed by atoms with E-state index in [1.807, 2.05) is 0 Å². The number of nitrogens with zero attached hydrogens (tertiary/aromatic N) is 3. The Bertz CT molecular complexity index is 763. The van der Waals surface area contributed by atoms with Crippen LogP contribution in [0.25, 0.3) is 0 Å². The van der Waals surface area contributed by atoms with Gasteiger partial charge in [-0.25, -0.2) is 0 Å². The molecule has 2 heterocycles. The monoisotopic (exact) mass is 411 g/mol. The molecule has 3 amide bonds. The maximum atomic E-state index is 12.9. The Morgan fingerprint density at radius 1 is 1.07 bits per heavy atom. The van der Waals surface area contributed by atoms with Crippen LogP contribution in [0.1, 0.15) is 26.2 Å². The number of rotatable bonds is 3. The molecule has 2 aliphatic heterocycles. The molecule has 0 spiro atoms. The van der Waals surface area contributed by atoms with Gasteiger partial charge >= 0.3 is 0 Å². The first-order valence-electron chi connectivity index (χ1n) is 9.08. The lowest BCUT2D eigenvalue weighted by Crippen LogP contribution is -2.49. The first-order valence-corrected chi connectivity index (χ1v) is 9.83. The smallest absolute Gasteiger partial charge is 0.239 e. The van der Waals surface area contributed by atoms with Crippen molar-refractivity contribution >= 4 is 46.6 Å². The van der Waals surface area contributed by atoms with Gasteiger partial charge < -0.3 is 14.7 Å². The summed E-state index contributed by atoms with van der Waals surface area (Å²) in [6.07, 6.45) is 1.96. The molecule has 0 bridgehead atoms. The van der Waals surface area contributed by atoms with Crippen molar-refractivity contribution in [1.82, 2.24) is 9.80 Å². The Hall–Kier alpha value is -1.79. The molecule has 2 fully saturated rings. The molecular formula is C19H23Cl2N3O3.